The van der Waals surface area contributed by atoms with Crippen molar-refractivity contribution in [3.8, 4) is 27.4 Å². The number of aromatic nitrogens is 1. The minimum atomic E-state index is -1.34. The van der Waals surface area contributed by atoms with E-state index in [-0.39, 0.29) is 11.2 Å². The van der Waals surface area contributed by atoms with Gasteiger partial charge in [-0.1, -0.05) is 82.0 Å². The SMILES string of the molecule is CC(C)(C)c1cc(-c2ccc([Si](C)(C)C)cc2)c2nc(-c3ccccc3O)sc2c1. The fraction of sp³-hybridized carbons (Fsp3) is 0.269. The fourth-order valence-electron chi connectivity index (χ4n) is 3.60. The van der Waals surface area contributed by atoms with Gasteiger partial charge in [0.2, 0.25) is 0 Å². The van der Waals surface area contributed by atoms with Crippen molar-refractivity contribution < 1.29 is 5.11 Å². The molecule has 2 nitrogen and oxygen atoms in total. The van der Waals surface area contributed by atoms with Crippen molar-refractivity contribution >= 4 is 34.8 Å². The van der Waals surface area contributed by atoms with Gasteiger partial charge >= 0.3 is 0 Å². The average molecular weight is 432 g/mol. The van der Waals surface area contributed by atoms with E-state index in [0.29, 0.717) is 0 Å². The van der Waals surface area contributed by atoms with Gasteiger partial charge in [-0.25, -0.2) is 4.98 Å². The number of benzene rings is 3. The number of para-hydroxylation sites is 1. The minimum absolute atomic E-state index is 0.0419. The summed E-state index contributed by atoms with van der Waals surface area (Å²) in [5.41, 5.74) is 5.50. The Morgan fingerprint density at radius 2 is 1.53 bits per heavy atom. The van der Waals surface area contributed by atoms with Crippen molar-refractivity contribution in [2.45, 2.75) is 45.8 Å². The van der Waals surface area contributed by atoms with E-state index >= 15 is 0 Å². The van der Waals surface area contributed by atoms with Gasteiger partial charge in [0.05, 0.1) is 23.9 Å². The van der Waals surface area contributed by atoms with E-state index in [1.165, 1.54) is 16.3 Å². The van der Waals surface area contributed by atoms with E-state index in [4.69, 9.17) is 4.98 Å². The molecular formula is C26H29NOSSi. The molecule has 3 aromatic carbocycles. The van der Waals surface area contributed by atoms with Gasteiger partial charge in [0.15, 0.2) is 0 Å². The third-order valence-electron chi connectivity index (χ3n) is 5.56. The Balaban J connectivity index is 1.94. The molecule has 0 radical (unpaired) electrons. The Bertz CT molecular complexity index is 1210. The Morgan fingerprint density at radius 1 is 0.867 bits per heavy atom. The molecule has 0 atom stereocenters. The molecule has 0 aliphatic rings. The monoisotopic (exact) mass is 431 g/mol. The normalized spacial score (nSPS) is 12.5. The summed E-state index contributed by atoms with van der Waals surface area (Å²) < 4.78 is 1.16. The zero-order valence-corrected chi connectivity index (χ0v) is 20.4. The molecule has 4 rings (SSSR count). The maximum absolute atomic E-state index is 10.3. The molecule has 0 fully saturated rings. The van der Waals surface area contributed by atoms with Crippen LogP contribution in [0.4, 0.5) is 0 Å². The predicted octanol–water partition coefficient (Wildman–Crippen LogP) is 7.18. The van der Waals surface area contributed by atoms with Crippen molar-refractivity contribution in [3.63, 3.8) is 0 Å². The number of phenolic OH excluding ortho intramolecular Hbond substituents is 1. The van der Waals surface area contributed by atoms with Crippen molar-refractivity contribution in [2.24, 2.45) is 0 Å². The maximum atomic E-state index is 10.3. The number of hydrogen-bond donors (Lipinski definition) is 1. The van der Waals surface area contributed by atoms with E-state index in [2.05, 4.69) is 76.8 Å². The van der Waals surface area contributed by atoms with Crippen LogP contribution in [0.5, 0.6) is 5.75 Å². The summed E-state index contributed by atoms with van der Waals surface area (Å²) in [6.07, 6.45) is 0. The Kier molecular flexibility index (Phi) is 5.11. The number of rotatable bonds is 3. The third-order valence-corrected chi connectivity index (χ3v) is 8.66. The van der Waals surface area contributed by atoms with Crippen molar-refractivity contribution in [1.82, 2.24) is 4.98 Å². The summed E-state index contributed by atoms with van der Waals surface area (Å²) in [4.78, 5) is 4.98. The van der Waals surface area contributed by atoms with Crippen LogP contribution in [0.2, 0.25) is 19.6 Å². The topological polar surface area (TPSA) is 33.1 Å². The van der Waals surface area contributed by atoms with E-state index in [0.717, 1.165) is 26.4 Å². The first-order chi connectivity index (χ1) is 14.0. The molecule has 0 saturated carbocycles. The fourth-order valence-corrected chi connectivity index (χ4v) is 5.83. The summed E-state index contributed by atoms with van der Waals surface area (Å²) >= 11 is 1.65. The predicted molar refractivity (Wildman–Crippen MR) is 134 cm³/mol. The highest BCUT2D eigenvalue weighted by Gasteiger charge is 2.21. The van der Waals surface area contributed by atoms with Gasteiger partial charge in [0.1, 0.15) is 10.8 Å². The highest BCUT2D eigenvalue weighted by atomic mass is 32.1. The van der Waals surface area contributed by atoms with Crippen LogP contribution >= 0.6 is 11.3 Å². The molecule has 4 heteroatoms. The first-order valence-corrected chi connectivity index (χ1v) is 14.7. The molecule has 4 aromatic rings. The lowest BCUT2D eigenvalue weighted by molar-refractivity contribution is 0.477. The van der Waals surface area contributed by atoms with Crippen LogP contribution in [-0.2, 0) is 5.41 Å². The summed E-state index contributed by atoms with van der Waals surface area (Å²) in [7, 11) is -1.34. The lowest BCUT2D eigenvalue weighted by Gasteiger charge is -2.21. The number of aromatic hydroxyl groups is 1. The largest absolute Gasteiger partial charge is 0.507 e. The van der Waals surface area contributed by atoms with Crippen LogP contribution in [0.1, 0.15) is 26.3 Å². The lowest BCUT2D eigenvalue weighted by atomic mass is 9.85. The molecule has 1 heterocycles. The highest BCUT2D eigenvalue weighted by Crippen LogP contribution is 2.41. The van der Waals surface area contributed by atoms with E-state index in [9.17, 15) is 5.11 Å². The van der Waals surface area contributed by atoms with Gasteiger partial charge in [0.25, 0.3) is 0 Å². The second-order valence-corrected chi connectivity index (χ2v) is 16.1. The number of phenols is 1. The van der Waals surface area contributed by atoms with Crippen LogP contribution in [-0.4, -0.2) is 18.2 Å². The third kappa shape index (κ3) is 3.94. The summed E-state index contributed by atoms with van der Waals surface area (Å²) in [6, 6.07) is 21.0. The standard InChI is InChI=1S/C26H29NOSSi/c1-26(2,3)18-15-21(17-11-13-19(14-12-17)30(4,5)6)24-23(16-18)29-25(27-24)20-9-7-8-10-22(20)28/h7-16,28H,1-6H3. The molecule has 154 valence electrons. The number of fused-ring (bicyclic) bond motifs is 1. The molecule has 0 unspecified atom stereocenters. The Morgan fingerprint density at radius 3 is 2.13 bits per heavy atom. The molecule has 1 N–H and O–H groups in total. The van der Waals surface area contributed by atoms with Gasteiger partial charge in [-0.3, -0.25) is 0 Å². The molecule has 0 aliphatic carbocycles. The van der Waals surface area contributed by atoms with Crippen LogP contribution in [0.15, 0.2) is 60.7 Å². The summed E-state index contributed by atoms with van der Waals surface area (Å²) in [5.74, 6) is 0.272. The molecule has 0 saturated heterocycles. The van der Waals surface area contributed by atoms with E-state index in [1.807, 2.05) is 18.2 Å². The number of thiazole rings is 1. The van der Waals surface area contributed by atoms with Crippen LogP contribution in [0.3, 0.4) is 0 Å². The second kappa shape index (κ2) is 7.36. The Hall–Kier alpha value is -2.43. The first kappa shape index (κ1) is 20.8. The van der Waals surface area contributed by atoms with Gasteiger partial charge < -0.3 is 5.11 Å². The maximum Gasteiger partial charge on any atom is 0.128 e. The molecule has 0 amide bonds. The molecule has 0 bridgehead atoms. The van der Waals surface area contributed by atoms with Gasteiger partial charge in [-0.15, -0.1) is 11.3 Å². The quantitative estimate of drug-likeness (QED) is 0.349. The zero-order valence-electron chi connectivity index (χ0n) is 18.6. The Labute approximate surface area is 184 Å². The first-order valence-electron chi connectivity index (χ1n) is 10.4. The summed E-state index contributed by atoms with van der Waals surface area (Å²) in [5, 5.41) is 12.7. The molecule has 30 heavy (non-hydrogen) atoms. The van der Waals surface area contributed by atoms with Gasteiger partial charge in [-0.05, 0) is 40.8 Å². The highest BCUT2D eigenvalue weighted by molar-refractivity contribution is 7.21. The van der Waals surface area contributed by atoms with Crippen LogP contribution in [0.25, 0.3) is 31.9 Å². The second-order valence-electron chi connectivity index (χ2n) is 9.98. The van der Waals surface area contributed by atoms with Crippen molar-refractivity contribution in [2.75, 3.05) is 0 Å². The summed E-state index contributed by atoms with van der Waals surface area (Å²) in [6.45, 7) is 13.9. The van der Waals surface area contributed by atoms with E-state index in [1.54, 1.807) is 17.4 Å². The molecule has 1 aromatic heterocycles. The number of hydrogen-bond acceptors (Lipinski definition) is 3. The average Bonchev–Trinajstić information content (AvgIpc) is 3.10. The van der Waals surface area contributed by atoms with Crippen molar-refractivity contribution in [3.05, 3.63) is 66.2 Å². The smallest absolute Gasteiger partial charge is 0.128 e. The zero-order chi connectivity index (χ0) is 21.7. The lowest BCUT2D eigenvalue weighted by Crippen LogP contribution is -2.37. The van der Waals surface area contributed by atoms with Crippen molar-refractivity contribution in [1.29, 1.82) is 0 Å². The van der Waals surface area contributed by atoms with E-state index < -0.39 is 8.07 Å². The number of nitrogens with zero attached hydrogens (tertiary/aromatic N) is 1. The minimum Gasteiger partial charge on any atom is -0.507 e. The van der Waals surface area contributed by atoms with Crippen LogP contribution < -0.4 is 5.19 Å². The molecule has 0 spiro atoms. The van der Waals surface area contributed by atoms with Gasteiger partial charge in [-0.2, -0.15) is 0 Å². The van der Waals surface area contributed by atoms with Gasteiger partial charge in [0, 0.05) is 5.56 Å². The van der Waals surface area contributed by atoms with Crippen LogP contribution in [0, 0.1) is 0 Å². The molecular weight excluding hydrogens is 402 g/mol. The molecule has 0 aliphatic heterocycles.